The van der Waals surface area contributed by atoms with Crippen LogP contribution in [0.3, 0.4) is 0 Å². The third-order valence-corrected chi connectivity index (χ3v) is 4.29. The minimum Gasteiger partial charge on any atom is -0.330 e. The standard InChI is InChI=1S/C6H6N5S3/c1-12-5-3(4-7-10-11-8-4)6(13-2)14-9-5/h1-2H3/q-1. The largest absolute Gasteiger partial charge is 0.330 e. The Hall–Kier alpha value is -0.600. The molecule has 0 atom stereocenters. The summed E-state index contributed by atoms with van der Waals surface area (Å²) in [4.78, 5) is 0. The highest BCUT2D eigenvalue weighted by atomic mass is 32.2. The molecular formula is C6H6N5S3-. The summed E-state index contributed by atoms with van der Waals surface area (Å²) in [6.45, 7) is 0. The predicted octanol–water partition coefficient (Wildman–Crippen LogP) is 1.40. The molecule has 0 aliphatic heterocycles. The molecule has 2 aromatic heterocycles. The molecule has 0 saturated carbocycles. The first-order chi connectivity index (χ1) is 6.86. The fourth-order valence-corrected chi connectivity index (χ4v) is 3.25. The van der Waals surface area contributed by atoms with Gasteiger partial charge in [0.05, 0.1) is 4.21 Å². The SMILES string of the molecule is CSc1nsc(SC)c1-c1nnn[n-]1. The van der Waals surface area contributed by atoms with E-state index in [-0.39, 0.29) is 0 Å². The van der Waals surface area contributed by atoms with E-state index in [1.165, 1.54) is 11.5 Å². The molecule has 0 spiro atoms. The Labute approximate surface area is 93.2 Å². The van der Waals surface area contributed by atoms with Gasteiger partial charge in [0.15, 0.2) is 0 Å². The molecule has 5 nitrogen and oxygen atoms in total. The fraction of sp³-hybridized carbons (Fsp3) is 0.333. The summed E-state index contributed by atoms with van der Waals surface area (Å²) in [7, 11) is 0. The Morgan fingerprint density at radius 2 is 2.14 bits per heavy atom. The molecule has 0 saturated heterocycles. The first-order valence-corrected chi connectivity index (χ1v) is 6.86. The second kappa shape index (κ2) is 4.28. The molecule has 8 heteroatoms. The molecule has 74 valence electrons. The molecule has 0 fully saturated rings. The van der Waals surface area contributed by atoms with E-state index in [9.17, 15) is 0 Å². The Morgan fingerprint density at radius 1 is 1.29 bits per heavy atom. The summed E-state index contributed by atoms with van der Waals surface area (Å²) >= 11 is 4.67. The van der Waals surface area contributed by atoms with Gasteiger partial charge in [0.25, 0.3) is 0 Å². The molecule has 0 unspecified atom stereocenters. The quantitative estimate of drug-likeness (QED) is 0.756. The van der Waals surface area contributed by atoms with Crippen molar-refractivity contribution in [1.29, 1.82) is 0 Å². The number of nitrogens with zero attached hydrogens (tertiary/aromatic N) is 5. The van der Waals surface area contributed by atoms with Crippen molar-refractivity contribution in [2.45, 2.75) is 9.24 Å². The van der Waals surface area contributed by atoms with E-state index in [4.69, 9.17) is 0 Å². The van der Waals surface area contributed by atoms with Gasteiger partial charge in [0.1, 0.15) is 5.03 Å². The first kappa shape index (κ1) is 9.94. The third kappa shape index (κ3) is 1.64. The number of thioether (sulfide) groups is 2. The molecule has 0 amide bonds. The summed E-state index contributed by atoms with van der Waals surface area (Å²) in [6.07, 6.45) is 3.98. The fourth-order valence-electron chi connectivity index (χ4n) is 0.972. The number of hydrogen-bond acceptors (Lipinski definition) is 7. The van der Waals surface area contributed by atoms with Crippen LogP contribution in [-0.4, -0.2) is 32.4 Å². The summed E-state index contributed by atoms with van der Waals surface area (Å²) in [5.74, 6) is 0.562. The van der Waals surface area contributed by atoms with Gasteiger partial charge in [0.2, 0.25) is 0 Å². The molecule has 14 heavy (non-hydrogen) atoms. The van der Waals surface area contributed by atoms with Crippen LogP contribution in [0, 0.1) is 0 Å². The zero-order valence-corrected chi connectivity index (χ0v) is 9.91. The van der Waals surface area contributed by atoms with E-state index in [0.29, 0.717) is 5.82 Å². The maximum atomic E-state index is 4.31. The third-order valence-electron chi connectivity index (χ3n) is 1.55. The van der Waals surface area contributed by atoms with Crippen molar-refractivity contribution in [2.24, 2.45) is 0 Å². The van der Waals surface area contributed by atoms with Crippen LogP contribution in [0.4, 0.5) is 0 Å². The normalized spacial score (nSPS) is 10.7. The molecule has 0 radical (unpaired) electrons. The maximum absolute atomic E-state index is 4.31. The molecule has 2 aromatic rings. The van der Waals surface area contributed by atoms with Gasteiger partial charge in [-0.2, -0.15) is 9.59 Å². The van der Waals surface area contributed by atoms with E-state index in [1.54, 1.807) is 23.5 Å². The van der Waals surface area contributed by atoms with Gasteiger partial charge in [-0.25, -0.2) is 0 Å². The minimum absolute atomic E-state index is 0.562. The van der Waals surface area contributed by atoms with Crippen LogP contribution < -0.4 is 5.10 Å². The number of rotatable bonds is 3. The Bertz CT molecular complexity index is 388. The van der Waals surface area contributed by atoms with Crippen LogP contribution in [0.15, 0.2) is 9.24 Å². The zero-order chi connectivity index (χ0) is 9.97. The highest BCUT2D eigenvalue weighted by Crippen LogP contribution is 2.38. The van der Waals surface area contributed by atoms with Gasteiger partial charge in [-0.1, -0.05) is 0 Å². The summed E-state index contributed by atoms with van der Waals surface area (Å²) in [5.41, 5.74) is 0.958. The van der Waals surface area contributed by atoms with Crippen LogP contribution in [0.25, 0.3) is 11.4 Å². The average molecular weight is 244 g/mol. The molecule has 2 heterocycles. The highest BCUT2D eigenvalue weighted by Gasteiger charge is 2.13. The maximum Gasteiger partial charge on any atom is 0.119 e. The van der Waals surface area contributed by atoms with E-state index < -0.39 is 0 Å². The van der Waals surface area contributed by atoms with Crippen molar-refractivity contribution >= 4 is 35.1 Å². The second-order valence-corrected chi connectivity index (χ2v) is 4.90. The molecule has 0 aliphatic rings. The molecular weight excluding hydrogens is 238 g/mol. The van der Waals surface area contributed by atoms with Gasteiger partial charge < -0.3 is 5.10 Å². The summed E-state index contributed by atoms with van der Waals surface area (Å²) in [6, 6.07) is 0. The molecule has 0 aromatic carbocycles. The van der Waals surface area contributed by atoms with E-state index in [2.05, 4.69) is 25.0 Å². The van der Waals surface area contributed by atoms with Crippen LogP contribution in [0.2, 0.25) is 0 Å². The Balaban J connectivity index is 2.54. The number of tetrazole rings is 1. The molecule has 0 bridgehead atoms. The van der Waals surface area contributed by atoms with Gasteiger partial charge in [-0.05, 0) is 24.0 Å². The van der Waals surface area contributed by atoms with Gasteiger partial charge in [-0.15, -0.1) is 23.5 Å². The van der Waals surface area contributed by atoms with Gasteiger partial charge >= 0.3 is 0 Å². The van der Waals surface area contributed by atoms with Crippen LogP contribution in [0.5, 0.6) is 0 Å². The molecule has 0 N–H and O–H groups in total. The lowest BCUT2D eigenvalue weighted by atomic mass is 10.3. The topological polar surface area (TPSA) is 65.7 Å². The van der Waals surface area contributed by atoms with E-state index in [1.807, 2.05) is 12.5 Å². The predicted molar refractivity (Wildman–Crippen MR) is 57.8 cm³/mol. The van der Waals surface area contributed by atoms with Crippen molar-refractivity contribution in [3.8, 4) is 11.4 Å². The van der Waals surface area contributed by atoms with Crippen molar-refractivity contribution in [3.63, 3.8) is 0 Å². The van der Waals surface area contributed by atoms with Crippen molar-refractivity contribution in [2.75, 3.05) is 12.5 Å². The Morgan fingerprint density at radius 3 is 2.71 bits per heavy atom. The zero-order valence-electron chi connectivity index (χ0n) is 7.46. The first-order valence-electron chi connectivity index (χ1n) is 3.63. The van der Waals surface area contributed by atoms with Crippen LogP contribution in [-0.2, 0) is 0 Å². The number of hydrogen-bond donors (Lipinski definition) is 0. The summed E-state index contributed by atoms with van der Waals surface area (Å²) in [5, 5.41) is 15.6. The van der Waals surface area contributed by atoms with Crippen LogP contribution >= 0.6 is 35.1 Å². The summed E-state index contributed by atoms with van der Waals surface area (Å²) < 4.78 is 5.41. The second-order valence-electron chi connectivity index (χ2n) is 2.26. The van der Waals surface area contributed by atoms with Gasteiger partial charge in [0, 0.05) is 11.4 Å². The highest BCUT2D eigenvalue weighted by molar-refractivity contribution is 8.01. The van der Waals surface area contributed by atoms with Crippen molar-refractivity contribution < 1.29 is 0 Å². The average Bonchev–Trinajstić information content (AvgIpc) is 2.85. The lowest BCUT2D eigenvalue weighted by Crippen LogP contribution is -1.85. The molecule has 0 aliphatic carbocycles. The number of aromatic nitrogens is 5. The van der Waals surface area contributed by atoms with Crippen LogP contribution in [0.1, 0.15) is 0 Å². The van der Waals surface area contributed by atoms with Crippen molar-refractivity contribution in [3.05, 3.63) is 0 Å². The monoisotopic (exact) mass is 244 g/mol. The van der Waals surface area contributed by atoms with Crippen molar-refractivity contribution in [1.82, 2.24) is 25.0 Å². The Kier molecular flexibility index (Phi) is 3.04. The van der Waals surface area contributed by atoms with Gasteiger partial charge in [-0.3, -0.25) is 10.3 Å². The lowest BCUT2D eigenvalue weighted by Gasteiger charge is -2.00. The smallest absolute Gasteiger partial charge is 0.119 e. The molecule has 2 rings (SSSR count). The van der Waals surface area contributed by atoms with E-state index >= 15 is 0 Å². The lowest BCUT2D eigenvalue weighted by molar-refractivity contribution is 0.871. The van der Waals surface area contributed by atoms with E-state index in [0.717, 1.165) is 14.8 Å². The minimum atomic E-state index is 0.562.